The molecule has 5 heterocycles. The average Bonchev–Trinajstić information content (AvgIpc) is 3.45. The van der Waals surface area contributed by atoms with Gasteiger partial charge in [-0.3, -0.25) is 0 Å². The van der Waals surface area contributed by atoms with Crippen molar-refractivity contribution in [3.05, 3.63) is 136 Å². The van der Waals surface area contributed by atoms with Crippen molar-refractivity contribution < 1.29 is 23.9 Å². The van der Waals surface area contributed by atoms with Gasteiger partial charge in [0.1, 0.15) is 34.5 Å². The number of hydrogen-bond acceptors (Lipinski definition) is 11. The number of aliphatic hydroxyl groups excluding tert-OH is 1. The molecule has 1 aliphatic rings. The molecule has 0 spiro atoms. The molecule has 0 bridgehead atoms. The molecule has 15 heteroatoms. The van der Waals surface area contributed by atoms with Crippen LogP contribution in [0.25, 0.3) is 22.5 Å². The van der Waals surface area contributed by atoms with Crippen molar-refractivity contribution in [2.24, 2.45) is 0 Å². The van der Waals surface area contributed by atoms with Crippen molar-refractivity contribution in [1.82, 2.24) is 19.9 Å². The lowest BCUT2D eigenvalue weighted by molar-refractivity contribution is 0.00578. The minimum absolute atomic E-state index is 0.320. The lowest BCUT2D eigenvalue weighted by atomic mass is 9.80. The van der Waals surface area contributed by atoms with Crippen LogP contribution in [0.3, 0.4) is 0 Å². The normalized spacial score (nSPS) is 13.5. The molecular weight excluding hydrogens is 842 g/mol. The molecule has 11 nitrogen and oxygen atoms in total. The highest BCUT2D eigenvalue weighted by molar-refractivity contribution is 9.08. The van der Waals surface area contributed by atoms with Gasteiger partial charge in [-0.05, 0) is 93.9 Å². The second kappa shape index (κ2) is 21.3. The number of benzene rings is 2. The largest absolute Gasteiger partial charge is 0.496 e. The Balaban J connectivity index is 0.000000192. The number of hydrogen-bond donors (Lipinski definition) is 3. The molecule has 1 saturated heterocycles. The first-order valence-electron chi connectivity index (χ1n) is 18.1. The van der Waals surface area contributed by atoms with Crippen LogP contribution >= 0.6 is 39.1 Å². The van der Waals surface area contributed by atoms with E-state index in [1.165, 1.54) is 0 Å². The molecule has 0 radical (unpaired) electrons. The zero-order valence-corrected chi connectivity index (χ0v) is 36.6. The summed E-state index contributed by atoms with van der Waals surface area (Å²) in [6.07, 6.45) is 4.13. The van der Waals surface area contributed by atoms with Crippen LogP contribution in [-0.4, -0.2) is 64.7 Å². The molecule has 5 N–H and O–H groups in total. The summed E-state index contributed by atoms with van der Waals surface area (Å²) in [6, 6.07) is 30.2. The van der Waals surface area contributed by atoms with Crippen molar-refractivity contribution >= 4 is 63.3 Å². The summed E-state index contributed by atoms with van der Waals surface area (Å²) in [6.45, 7) is 8.10. The third kappa shape index (κ3) is 12.4. The number of aromatic nitrogens is 4. The van der Waals surface area contributed by atoms with E-state index in [0.29, 0.717) is 39.2 Å². The molecule has 2 aromatic carbocycles. The van der Waals surface area contributed by atoms with Gasteiger partial charge in [-0.2, -0.15) is 0 Å². The molecule has 0 atom stereocenters. The van der Waals surface area contributed by atoms with Gasteiger partial charge in [0.25, 0.3) is 0 Å². The van der Waals surface area contributed by atoms with Gasteiger partial charge in [-0.15, -0.1) is 0 Å². The first kappa shape index (κ1) is 45.9. The maximum atomic E-state index is 7.00. The van der Waals surface area contributed by atoms with Crippen molar-refractivity contribution in [2.45, 2.75) is 50.6 Å². The Labute approximate surface area is 359 Å². The summed E-state index contributed by atoms with van der Waals surface area (Å²) < 4.78 is 22.5. The number of alkyl halides is 1. The quantitative estimate of drug-likeness (QED) is 0.0990. The number of nitrogens with two attached hydrogens (primary N) is 2. The standard InChI is InChI=1S/C18H16ClN3O.C13H11BrClNO.C11H17BN2O2.CH4O/c1-23-16-7-6-15(9-12-5-8-17(20)21-11-12)22-18(16)13-3-2-4-14(19)10-13;1-17-12-6-5-11(8-14)16-13(12)9-3-2-4-10(15)7-9;1-10(2)11(3,4)16-12(15-10)8-5-6-9(13)14-7-8;1-2/h2-8,10-11H,9H2,1H3,(H2,20,21);2-7H,8H2,1H3;5-7H,1-4H3,(H2,13,14);2H,1H3. The number of pyridine rings is 4. The van der Waals surface area contributed by atoms with Crippen molar-refractivity contribution in [1.29, 1.82) is 0 Å². The second-order valence-electron chi connectivity index (χ2n) is 13.7. The fraction of sp³-hybridized carbons (Fsp3) is 0.256. The molecule has 0 saturated carbocycles. The Hall–Kier alpha value is -4.76. The molecule has 304 valence electrons. The van der Waals surface area contributed by atoms with Gasteiger partial charge in [0.15, 0.2) is 0 Å². The number of ether oxygens (including phenoxy) is 2. The van der Waals surface area contributed by atoms with E-state index < -0.39 is 0 Å². The summed E-state index contributed by atoms with van der Waals surface area (Å²) in [5.74, 6) is 2.47. The van der Waals surface area contributed by atoms with E-state index in [9.17, 15) is 0 Å². The van der Waals surface area contributed by atoms with Crippen molar-refractivity contribution in [2.75, 3.05) is 32.8 Å². The Bertz CT molecular complexity index is 2220. The first-order valence-corrected chi connectivity index (χ1v) is 20.0. The monoisotopic (exact) mass is 888 g/mol. The maximum Gasteiger partial charge on any atom is 0.496 e. The van der Waals surface area contributed by atoms with Gasteiger partial charge in [-0.25, -0.2) is 19.9 Å². The number of anilines is 2. The van der Waals surface area contributed by atoms with Crippen LogP contribution in [-0.2, 0) is 21.1 Å². The van der Waals surface area contributed by atoms with Crippen LogP contribution in [0.5, 0.6) is 11.5 Å². The predicted octanol–water partition coefficient (Wildman–Crippen LogP) is 8.86. The smallest absolute Gasteiger partial charge is 0.494 e. The number of nitrogen functional groups attached to an aromatic ring is 2. The van der Waals surface area contributed by atoms with Crippen LogP contribution in [0, 0.1) is 0 Å². The molecular formula is C43H48BBrCl2N6O5. The molecule has 6 aromatic rings. The Morgan fingerprint density at radius 1 is 0.672 bits per heavy atom. The molecule has 0 amide bonds. The number of nitrogens with zero attached hydrogens (tertiary/aromatic N) is 4. The number of aliphatic hydroxyl groups is 1. The maximum absolute atomic E-state index is 7.00. The van der Waals surface area contributed by atoms with Gasteiger partial charge in [0.05, 0.1) is 31.1 Å². The van der Waals surface area contributed by atoms with Gasteiger partial charge < -0.3 is 35.4 Å². The summed E-state index contributed by atoms with van der Waals surface area (Å²) in [4.78, 5) is 17.4. The molecule has 0 aliphatic carbocycles. The van der Waals surface area contributed by atoms with E-state index >= 15 is 0 Å². The van der Waals surface area contributed by atoms with Gasteiger partial charge in [0, 0.05) is 63.6 Å². The van der Waals surface area contributed by atoms with Crippen LogP contribution in [0.2, 0.25) is 10.0 Å². The lowest BCUT2D eigenvalue weighted by Crippen LogP contribution is -2.41. The highest BCUT2D eigenvalue weighted by Crippen LogP contribution is 2.36. The second-order valence-corrected chi connectivity index (χ2v) is 15.2. The van der Waals surface area contributed by atoms with Crippen LogP contribution in [0.4, 0.5) is 11.6 Å². The highest BCUT2D eigenvalue weighted by Gasteiger charge is 2.51. The van der Waals surface area contributed by atoms with Crippen molar-refractivity contribution in [3.63, 3.8) is 0 Å². The minimum Gasteiger partial charge on any atom is -0.494 e. The molecule has 0 unspecified atom stereocenters. The number of halogens is 3. The van der Waals surface area contributed by atoms with Gasteiger partial charge in [-0.1, -0.05) is 75.5 Å². The Morgan fingerprint density at radius 2 is 1.16 bits per heavy atom. The fourth-order valence-corrected chi connectivity index (χ4v) is 6.14. The van der Waals surface area contributed by atoms with E-state index in [1.807, 2.05) is 113 Å². The first-order chi connectivity index (χ1) is 27.7. The zero-order chi connectivity index (χ0) is 42.5. The van der Waals surface area contributed by atoms with E-state index in [1.54, 1.807) is 38.7 Å². The summed E-state index contributed by atoms with van der Waals surface area (Å²) in [5.41, 5.74) is 17.8. The number of rotatable bonds is 8. The summed E-state index contributed by atoms with van der Waals surface area (Å²) in [7, 11) is 3.91. The van der Waals surface area contributed by atoms with Crippen LogP contribution < -0.4 is 26.4 Å². The van der Waals surface area contributed by atoms with E-state index in [4.69, 9.17) is 63.5 Å². The minimum atomic E-state index is -0.363. The lowest BCUT2D eigenvalue weighted by Gasteiger charge is -2.32. The fourth-order valence-electron chi connectivity index (χ4n) is 5.45. The Morgan fingerprint density at radius 3 is 1.59 bits per heavy atom. The summed E-state index contributed by atoms with van der Waals surface area (Å²) >= 11 is 15.5. The number of methoxy groups -OCH3 is 2. The topological polar surface area (TPSA) is 161 Å². The molecule has 58 heavy (non-hydrogen) atoms. The molecule has 1 fully saturated rings. The highest BCUT2D eigenvalue weighted by atomic mass is 79.9. The van der Waals surface area contributed by atoms with E-state index in [0.717, 1.165) is 57.8 Å². The van der Waals surface area contributed by atoms with Crippen molar-refractivity contribution in [3.8, 4) is 34.0 Å². The SMILES string of the molecule is CC1(C)OB(c2ccc(N)nc2)OC1(C)C.CO.COc1ccc(CBr)nc1-c1cccc(Cl)c1.COc1ccc(Cc2ccc(N)nc2)nc1-c1cccc(Cl)c1. The van der Waals surface area contributed by atoms with Crippen LogP contribution in [0.1, 0.15) is 44.6 Å². The third-order valence-electron chi connectivity index (χ3n) is 9.17. The molecule has 4 aromatic heterocycles. The predicted molar refractivity (Wildman–Crippen MR) is 239 cm³/mol. The average molecular weight is 891 g/mol. The van der Waals surface area contributed by atoms with Gasteiger partial charge in [0.2, 0.25) is 0 Å². The summed E-state index contributed by atoms with van der Waals surface area (Å²) in [5, 5.41) is 9.07. The zero-order valence-electron chi connectivity index (χ0n) is 33.5. The molecule has 1 aliphatic heterocycles. The third-order valence-corrected chi connectivity index (χ3v) is 10.2. The molecule has 7 rings (SSSR count). The van der Waals surface area contributed by atoms with Gasteiger partial charge >= 0.3 is 7.12 Å². The van der Waals surface area contributed by atoms with E-state index in [2.05, 4.69) is 30.9 Å². The van der Waals surface area contributed by atoms with E-state index in [-0.39, 0.29) is 18.3 Å². The van der Waals surface area contributed by atoms with Crippen LogP contribution in [0.15, 0.2) is 109 Å². The Kier molecular flexibility index (Phi) is 16.9.